The lowest BCUT2D eigenvalue weighted by molar-refractivity contribution is 0.181. The van der Waals surface area contributed by atoms with Crippen LogP contribution in [0.3, 0.4) is 0 Å². The quantitative estimate of drug-likeness (QED) is 0.651. The maximum atomic E-state index is 5.76. The Morgan fingerprint density at radius 2 is 2.50 bits per heavy atom. The van der Waals surface area contributed by atoms with Crippen molar-refractivity contribution in [1.82, 2.24) is 9.78 Å². The Morgan fingerprint density at radius 3 is 2.90 bits per heavy atom. The Hall–Kier alpha value is -0.540. The smallest absolute Gasteiger partial charge is 0.107 e. The molecule has 0 unspecified atom stereocenters. The number of methoxy groups -OCH3 is 1. The average molecular weight is 161 g/mol. The highest BCUT2D eigenvalue weighted by atomic mass is 35.5. The number of rotatable bonds is 2. The summed E-state index contributed by atoms with van der Waals surface area (Å²) in [5.74, 6) is 0. The van der Waals surface area contributed by atoms with E-state index in [0.29, 0.717) is 11.6 Å². The fourth-order valence-corrected chi connectivity index (χ4v) is 0.974. The van der Waals surface area contributed by atoms with Gasteiger partial charge >= 0.3 is 0 Å². The second-order valence-corrected chi connectivity index (χ2v) is 2.44. The van der Waals surface area contributed by atoms with Gasteiger partial charge in [-0.1, -0.05) is 11.6 Å². The lowest BCUT2D eigenvalue weighted by Gasteiger charge is -1.91. The van der Waals surface area contributed by atoms with Crippen molar-refractivity contribution in [2.45, 2.75) is 6.61 Å². The van der Waals surface area contributed by atoms with Crippen molar-refractivity contribution >= 4 is 11.6 Å². The van der Waals surface area contributed by atoms with E-state index < -0.39 is 0 Å². The van der Waals surface area contributed by atoms with Gasteiger partial charge in [0.15, 0.2) is 0 Å². The molecule has 0 atom stereocenters. The molecule has 0 aromatic carbocycles. The zero-order valence-corrected chi connectivity index (χ0v) is 6.72. The third-order valence-electron chi connectivity index (χ3n) is 1.14. The van der Waals surface area contributed by atoms with Gasteiger partial charge < -0.3 is 4.74 Å². The molecule has 3 nitrogen and oxygen atoms in total. The molecule has 1 rings (SSSR count). The molecule has 0 fully saturated rings. The van der Waals surface area contributed by atoms with Crippen LogP contribution in [-0.2, 0) is 18.4 Å². The summed E-state index contributed by atoms with van der Waals surface area (Å²) >= 11 is 5.76. The van der Waals surface area contributed by atoms with Gasteiger partial charge in [-0.15, -0.1) is 0 Å². The molecular formula is C6H9ClN2O. The first kappa shape index (κ1) is 7.57. The third kappa shape index (κ3) is 1.49. The summed E-state index contributed by atoms with van der Waals surface area (Å²) < 4.78 is 6.53. The Balaban J connectivity index is 2.81. The van der Waals surface area contributed by atoms with E-state index >= 15 is 0 Å². The normalized spacial score (nSPS) is 10.3. The highest BCUT2D eigenvalue weighted by Gasteiger charge is 2.02. The summed E-state index contributed by atoms with van der Waals surface area (Å²) in [5.41, 5.74) is 0.784. The summed E-state index contributed by atoms with van der Waals surface area (Å²) in [4.78, 5) is 0. The fraction of sp³-hybridized carbons (Fsp3) is 0.500. The molecule has 10 heavy (non-hydrogen) atoms. The molecule has 0 N–H and O–H groups in total. The second-order valence-electron chi connectivity index (χ2n) is 2.03. The van der Waals surface area contributed by atoms with Gasteiger partial charge in [-0.3, -0.25) is 4.68 Å². The highest BCUT2D eigenvalue weighted by Crippen LogP contribution is 2.13. The SMILES string of the molecule is COCc1nn(C)cc1Cl. The number of aryl methyl sites for hydroxylation is 1. The predicted octanol–water partition coefficient (Wildman–Crippen LogP) is 1.22. The zero-order chi connectivity index (χ0) is 7.56. The summed E-state index contributed by atoms with van der Waals surface area (Å²) in [6.07, 6.45) is 1.75. The van der Waals surface area contributed by atoms with Crippen molar-refractivity contribution < 1.29 is 4.74 Å². The maximum absolute atomic E-state index is 5.76. The maximum Gasteiger partial charge on any atom is 0.107 e. The molecule has 0 saturated heterocycles. The number of aromatic nitrogens is 2. The van der Waals surface area contributed by atoms with Crippen LogP contribution in [-0.4, -0.2) is 16.9 Å². The van der Waals surface area contributed by atoms with Gasteiger partial charge in [-0.2, -0.15) is 5.10 Å². The van der Waals surface area contributed by atoms with Crippen LogP contribution < -0.4 is 0 Å². The van der Waals surface area contributed by atoms with Crippen LogP contribution in [0, 0.1) is 0 Å². The van der Waals surface area contributed by atoms with Gasteiger partial charge in [-0.25, -0.2) is 0 Å². The average Bonchev–Trinajstić information content (AvgIpc) is 2.13. The minimum atomic E-state index is 0.472. The van der Waals surface area contributed by atoms with E-state index in [4.69, 9.17) is 16.3 Å². The second kappa shape index (κ2) is 3.03. The third-order valence-corrected chi connectivity index (χ3v) is 1.45. The zero-order valence-electron chi connectivity index (χ0n) is 5.97. The monoisotopic (exact) mass is 160 g/mol. The van der Waals surface area contributed by atoms with Gasteiger partial charge in [0.1, 0.15) is 5.69 Å². The molecule has 0 aliphatic heterocycles. The summed E-state index contributed by atoms with van der Waals surface area (Å²) in [6.45, 7) is 0.472. The van der Waals surface area contributed by atoms with Crippen molar-refractivity contribution in [2.24, 2.45) is 7.05 Å². The predicted molar refractivity (Wildman–Crippen MR) is 38.9 cm³/mol. The van der Waals surface area contributed by atoms with Crippen molar-refractivity contribution in [1.29, 1.82) is 0 Å². The van der Waals surface area contributed by atoms with Crippen LogP contribution in [0.25, 0.3) is 0 Å². The van der Waals surface area contributed by atoms with Crippen LogP contribution in [0.2, 0.25) is 5.02 Å². The summed E-state index contributed by atoms with van der Waals surface area (Å²) in [7, 11) is 3.44. The molecule has 4 heteroatoms. The first-order valence-electron chi connectivity index (χ1n) is 2.91. The number of hydrogen-bond donors (Lipinski definition) is 0. The van der Waals surface area contributed by atoms with Gasteiger partial charge in [0.05, 0.1) is 11.6 Å². The first-order chi connectivity index (χ1) is 4.74. The lowest BCUT2D eigenvalue weighted by atomic mass is 10.5. The highest BCUT2D eigenvalue weighted by molar-refractivity contribution is 6.31. The van der Waals surface area contributed by atoms with Crippen LogP contribution in [0.5, 0.6) is 0 Å². The molecule has 0 radical (unpaired) electrons. The van der Waals surface area contributed by atoms with E-state index in [9.17, 15) is 0 Å². The van der Waals surface area contributed by atoms with E-state index in [0.717, 1.165) is 5.69 Å². The van der Waals surface area contributed by atoms with Gasteiger partial charge in [0.25, 0.3) is 0 Å². The Bertz CT molecular complexity index is 222. The van der Waals surface area contributed by atoms with Crippen molar-refractivity contribution in [3.8, 4) is 0 Å². The number of nitrogens with zero attached hydrogens (tertiary/aromatic N) is 2. The Morgan fingerprint density at radius 1 is 1.80 bits per heavy atom. The largest absolute Gasteiger partial charge is 0.378 e. The van der Waals surface area contributed by atoms with Crippen LogP contribution in [0.4, 0.5) is 0 Å². The molecule has 1 aromatic rings. The summed E-state index contributed by atoms with van der Waals surface area (Å²) in [5, 5.41) is 4.72. The topological polar surface area (TPSA) is 27.1 Å². The van der Waals surface area contributed by atoms with Crippen LogP contribution >= 0.6 is 11.6 Å². The first-order valence-corrected chi connectivity index (χ1v) is 3.29. The molecule has 0 saturated carbocycles. The van der Waals surface area contributed by atoms with Gasteiger partial charge in [0.2, 0.25) is 0 Å². The van der Waals surface area contributed by atoms with Crippen molar-refractivity contribution in [3.63, 3.8) is 0 Å². The molecule has 0 spiro atoms. The van der Waals surface area contributed by atoms with Crippen molar-refractivity contribution in [3.05, 3.63) is 16.9 Å². The number of halogens is 1. The molecule has 1 aromatic heterocycles. The molecule has 0 aliphatic carbocycles. The van der Waals surface area contributed by atoms with Crippen LogP contribution in [0.15, 0.2) is 6.20 Å². The van der Waals surface area contributed by atoms with Gasteiger partial charge in [0, 0.05) is 20.4 Å². The number of ether oxygens (including phenoxy) is 1. The van der Waals surface area contributed by atoms with E-state index in [1.165, 1.54) is 0 Å². The molecule has 56 valence electrons. The Kier molecular flexibility index (Phi) is 2.29. The van der Waals surface area contributed by atoms with E-state index in [2.05, 4.69) is 5.10 Å². The molecule has 0 aliphatic rings. The van der Waals surface area contributed by atoms with E-state index in [-0.39, 0.29) is 0 Å². The summed E-state index contributed by atoms with van der Waals surface area (Å²) in [6, 6.07) is 0. The molecular weight excluding hydrogens is 152 g/mol. The molecule has 0 amide bonds. The standard InChI is InChI=1S/C6H9ClN2O/c1-9-3-5(7)6(8-9)4-10-2/h3H,4H2,1-2H3. The van der Waals surface area contributed by atoms with E-state index in [1.807, 2.05) is 7.05 Å². The molecule has 1 heterocycles. The fourth-order valence-electron chi connectivity index (χ4n) is 0.740. The molecule has 0 bridgehead atoms. The van der Waals surface area contributed by atoms with Gasteiger partial charge in [-0.05, 0) is 0 Å². The van der Waals surface area contributed by atoms with Crippen molar-refractivity contribution in [2.75, 3.05) is 7.11 Å². The Labute approximate surface area is 64.6 Å². The minimum Gasteiger partial charge on any atom is -0.378 e. The number of hydrogen-bond acceptors (Lipinski definition) is 2. The van der Waals surface area contributed by atoms with E-state index in [1.54, 1.807) is 18.0 Å². The minimum absolute atomic E-state index is 0.472. The van der Waals surface area contributed by atoms with Crippen LogP contribution in [0.1, 0.15) is 5.69 Å². The lowest BCUT2D eigenvalue weighted by Crippen LogP contribution is -1.92.